The highest BCUT2D eigenvalue weighted by Gasteiger charge is 2.28. The van der Waals surface area contributed by atoms with E-state index in [2.05, 4.69) is 20.2 Å². The van der Waals surface area contributed by atoms with Crippen LogP contribution in [0.2, 0.25) is 0 Å². The molecule has 1 aromatic heterocycles. The number of nitrogens with zero attached hydrogens (tertiary/aromatic N) is 3. The zero-order chi connectivity index (χ0) is 14.9. The van der Waals surface area contributed by atoms with Crippen LogP contribution >= 0.6 is 35.3 Å². The second-order valence-corrected chi connectivity index (χ2v) is 8.76. The van der Waals surface area contributed by atoms with Crippen LogP contribution in [-0.2, 0) is 22.8 Å². The Morgan fingerprint density at radius 2 is 2.41 bits per heavy atom. The van der Waals surface area contributed by atoms with Crippen molar-refractivity contribution in [3.63, 3.8) is 0 Å². The predicted molar refractivity (Wildman–Crippen MR) is 99.8 cm³/mol. The van der Waals surface area contributed by atoms with Crippen molar-refractivity contribution in [1.82, 2.24) is 15.2 Å². The number of aromatic nitrogens is 1. The van der Waals surface area contributed by atoms with Gasteiger partial charge in [0.05, 0.1) is 29.3 Å². The molecule has 3 rings (SSSR count). The highest BCUT2D eigenvalue weighted by Crippen LogP contribution is 2.22. The predicted octanol–water partition coefficient (Wildman–Crippen LogP) is 1.13. The van der Waals surface area contributed by atoms with Gasteiger partial charge in [0.15, 0.2) is 15.8 Å². The summed E-state index contributed by atoms with van der Waals surface area (Å²) in [6.45, 7) is 2.42. The molecule has 0 saturated carbocycles. The molecule has 3 heterocycles. The topological polar surface area (TPSA) is 74.7 Å². The minimum absolute atomic E-state index is 0. The van der Waals surface area contributed by atoms with Gasteiger partial charge in [-0.25, -0.2) is 13.4 Å². The number of hydrogen-bond donors (Lipinski definition) is 1. The summed E-state index contributed by atoms with van der Waals surface area (Å²) >= 11 is 1.69. The van der Waals surface area contributed by atoms with Crippen molar-refractivity contribution in [3.05, 3.63) is 16.1 Å². The van der Waals surface area contributed by atoms with Crippen LogP contribution in [0, 0.1) is 5.92 Å². The number of guanidine groups is 1. The molecule has 22 heavy (non-hydrogen) atoms. The van der Waals surface area contributed by atoms with Gasteiger partial charge >= 0.3 is 0 Å². The fraction of sp³-hybridized carbons (Fsp3) is 0.692. The lowest BCUT2D eigenvalue weighted by Crippen LogP contribution is -2.45. The number of aliphatic imine (C=N–C) groups is 1. The van der Waals surface area contributed by atoms with E-state index < -0.39 is 9.84 Å². The van der Waals surface area contributed by atoms with Gasteiger partial charge in [0.1, 0.15) is 0 Å². The third kappa shape index (κ3) is 4.10. The van der Waals surface area contributed by atoms with E-state index in [1.165, 1.54) is 10.6 Å². The maximum absolute atomic E-state index is 11.5. The summed E-state index contributed by atoms with van der Waals surface area (Å²) in [5.74, 6) is 1.69. The second-order valence-electron chi connectivity index (χ2n) is 5.59. The fourth-order valence-corrected chi connectivity index (χ4v) is 5.59. The molecular formula is C13H21IN4O2S2. The standard InChI is InChI=1S/C13H20N4O2S2.HI/c1-14-13(15-6-10-3-5-21(18,19)8-10)17-4-2-11-12(7-17)20-9-16-11;/h9-10H,2-8H2,1H3,(H,14,15);1H. The van der Waals surface area contributed by atoms with E-state index in [1.54, 1.807) is 18.4 Å². The number of sulfone groups is 1. The summed E-state index contributed by atoms with van der Waals surface area (Å²) in [5.41, 5.74) is 3.10. The number of hydrogen-bond acceptors (Lipinski definition) is 5. The highest BCUT2D eigenvalue weighted by atomic mass is 127. The van der Waals surface area contributed by atoms with Gasteiger partial charge in [0, 0.05) is 31.4 Å². The number of halogens is 1. The zero-order valence-corrected chi connectivity index (χ0v) is 16.5. The number of thiazole rings is 1. The average molecular weight is 456 g/mol. The Morgan fingerprint density at radius 1 is 1.59 bits per heavy atom. The molecule has 0 radical (unpaired) electrons. The molecule has 0 aliphatic carbocycles. The molecule has 1 fully saturated rings. The molecule has 2 aliphatic rings. The Morgan fingerprint density at radius 3 is 3.09 bits per heavy atom. The first-order valence-electron chi connectivity index (χ1n) is 7.14. The van der Waals surface area contributed by atoms with E-state index in [4.69, 9.17) is 0 Å². The van der Waals surface area contributed by atoms with Crippen molar-refractivity contribution >= 4 is 51.1 Å². The average Bonchev–Trinajstić information content (AvgIpc) is 3.05. The van der Waals surface area contributed by atoms with E-state index in [9.17, 15) is 8.42 Å². The largest absolute Gasteiger partial charge is 0.356 e. The summed E-state index contributed by atoms with van der Waals surface area (Å²) in [6, 6.07) is 0. The summed E-state index contributed by atoms with van der Waals surface area (Å²) < 4.78 is 23.0. The van der Waals surface area contributed by atoms with Gasteiger partial charge in [-0.2, -0.15) is 0 Å². The molecule has 0 spiro atoms. The lowest BCUT2D eigenvalue weighted by Gasteiger charge is -2.30. The first-order chi connectivity index (χ1) is 10.1. The van der Waals surface area contributed by atoms with Crippen LogP contribution in [0.1, 0.15) is 17.0 Å². The van der Waals surface area contributed by atoms with E-state index in [-0.39, 0.29) is 29.9 Å². The molecule has 0 amide bonds. The van der Waals surface area contributed by atoms with Gasteiger partial charge in [0.25, 0.3) is 0 Å². The molecule has 0 aromatic carbocycles. The lowest BCUT2D eigenvalue weighted by atomic mass is 10.1. The van der Waals surface area contributed by atoms with Gasteiger partial charge in [-0.1, -0.05) is 0 Å². The van der Waals surface area contributed by atoms with Crippen molar-refractivity contribution in [2.24, 2.45) is 10.9 Å². The number of rotatable bonds is 2. The summed E-state index contributed by atoms with van der Waals surface area (Å²) in [5, 5.41) is 3.34. The van der Waals surface area contributed by atoms with Crippen LogP contribution in [-0.4, -0.2) is 55.9 Å². The van der Waals surface area contributed by atoms with Crippen LogP contribution in [0.4, 0.5) is 0 Å². The van der Waals surface area contributed by atoms with E-state index in [0.29, 0.717) is 18.1 Å². The minimum atomic E-state index is -2.81. The normalized spacial score (nSPS) is 23.8. The first kappa shape index (κ1) is 17.9. The molecule has 2 aliphatic heterocycles. The minimum Gasteiger partial charge on any atom is -0.356 e. The maximum Gasteiger partial charge on any atom is 0.193 e. The van der Waals surface area contributed by atoms with Gasteiger partial charge in [0.2, 0.25) is 0 Å². The van der Waals surface area contributed by atoms with Crippen LogP contribution in [0.15, 0.2) is 10.5 Å². The fourth-order valence-electron chi connectivity index (χ4n) is 2.90. The highest BCUT2D eigenvalue weighted by molar-refractivity contribution is 14.0. The third-order valence-electron chi connectivity index (χ3n) is 4.07. The maximum atomic E-state index is 11.5. The lowest BCUT2D eigenvalue weighted by molar-refractivity contribution is 0.376. The molecule has 1 saturated heterocycles. The first-order valence-corrected chi connectivity index (χ1v) is 9.85. The summed E-state index contributed by atoms with van der Waals surface area (Å²) in [7, 11) is -1.03. The Balaban J connectivity index is 0.00000176. The van der Waals surface area contributed by atoms with Crippen LogP contribution in [0.3, 0.4) is 0 Å². The Hall–Kier alpha value is -0.420. The van der Waals surface area contributed by atoms with Crippen molar-refractivity contribution in [2.45, 2.75) is 19.4 Å². The number of fused-ring (bicyclic) bond motifs is 1. The van der Waals surface area contributed by atoms with E-state index >= 15 is 0 Å². The number of nitrogens with one attached hydrogen (secondary N) is 1. The Labute approximate surface area is 152 Å². The SMILES string of the molecule is CN=C(NCC1CCS(=O)(=O)C1)N1CCc2ncsc2C1.I. The molecule has 124 valence electrons. The second kappa shape index (κ2) is 7.43. The molecule has 1 unspecified atom stereocenters. The monoisotopic (exact) mass is 456 g/mol. The molecule has 6 nitrogen and oxygen atoms in total. The van der Waals surface area contributed by atoms with Crippen molar-refractivity contribution in [1.29, 1.82) is 0 Å². The van der Waals surface area contributed by atoms with Gasteiger partial charge in [-0.05, 0) is 12.3 Å². The molecule has 1 aromatic rings. The van der Waals surface area contributed by atoms with Crippen LogP contribution < -0.4 is 5.32 Å². The Kier molecular flexibility index (Phi) is 6.06. The smallest absolute Gasteiger partial charge is 0.193 e. The third-order valence-corrected chi connectivity index (χ3v) is 6.76. The van der Waals surface area contributed by atoms with Gasteiger partial charge < -0.3 is 10.2 Å². The molecule has 1 atom stereocenters. The zero-order valence-electron chi connectivity index (χ0n) is 12.5. The molecule has 9 heteroatoms. The van der Waals surface area contributed by atoms with E-state index in [0.717, 1.165) is 31.9 Å². The molecule has 1 N–H and O–H groups in total. The van der Waals surface area contributed by atoms with Crippen molar-refractivity contribution < 1.29 is 8.42 Å². The Bertz CT molecular complexity index is 644. The van der Waals surface area contributed by atoms with E-state index in [1.807, 2.05) is 5.51 Å². The molecular weight excluding hydrogens is 435 g/mol. The van der Waals surface area contributed by atoms with Crippen LogP contribution in [0.25, 0.3) is 0 Å². The van der Waals surface area contributed by atoms with Crippen LogP contribution in [0.5, 0.6) is 0 Å². The van der Waals surface area contributed by atoms with Gasteiger partial charge in [-0.15, -0.1) is 35.3 Å². The summed E-state index contributed by atoms with van der Waals surface area (Å²) in [6.07, 6.45) is 1.70. The van der Waals surface area contributed by atoms with Gasteiger partial charge in [-0.3, -0.25) is 4.99 Å². The van der Waals surface area contributed by atoms with Crippen molar-refractivity contribution in [3.8, 4) is 0 Å². The molecule has 0 bridgehead atoms. The van der Waals surface area contributed by atoms with Crippen molar-refractivity contribution in [2.75, 3.05) is 31.6 Å². The summed E-state index contributed by atoms with van der Waals surface area (Å²) in [4.78, 5) is 12.2. The quantitative estimate of drug-likeness (QED) is 0.411.